The number of thioether (sulfide) groups is 1. The molecule has 1 rings (SSSR count). The molecule has 1 unspecified atom stereocenters. The van der Waals surface area contributed by atoms with Crippen molar-refractivity contribution in [3.05, 3.63) is 28.2 Å². The summed E-state index contributed by atoms with van der Waals surface area (Å²) in [6, 6.07) is 6.88. The van der Waals surface area contributed by atoms with Gasteiger partial charge in [0.2, 0.25) is 0 Å². The van der Waals surface area contributed by atoms with Gasteiger partial charge in [-0.1, -0.05) is 26.8 Å². The van der Waals surface area contributed by atoms with Crippen molar-refractivity contribution in [2.24, 2.45) is 11.7 Å². The molecule has 0 heterocycles. The molecule has 1 aromatic carbocycles. The molecule has 0 saturated carbocycles. The zero-order valence-electron chi connectivity index (χ0n) is 10.9. The van der Waals surface area contributed by atoms with Crippen molar-refractivity contribution >= 4 is 27.7 Å². The Morgan fingerprint density at radius 2 is 2.06 bits per heavy atom. The second-order valence-corrected chi connectivity index (χ2v) is 6.76. The van der Waals surface area contributed by atoms with Crippen LogP contribution in [0.3, 0.4) is 0 Å². The lowest BCUT2D eigenvalue weighted by molar-refractivity contribution is 0.646. The molecular weight excluding hydrogens is 294 g/mol. The largest absolute Gasteiger partial charge is 0.327 e. The summed E-state index contributed by atoms with van der Waals surface area (Å²) < 4.78 is 1.20. The van der Waals surface area contributed by atoms with E-state index < -0.39 is 0 Å². The number of nitrogens with two attached hydrogens (primary N) is 1. The van der Waals surface area contributed by atoms with E-state index in [9.17, 15) is 0 Å². The van der Waals surface area contributed by atoms with Crippen LogP contribution in [0.25, 0.3) is 0 Å². The maximum Gasteiger partial charge on any atom is 0.0313 e. The monoisotopic (exact) mass is 315 g/mol. The number of rotatable bonds is 6. The predicted octanol–water partition coefficient (Wildman–Crippen LogP) is 4.48. The fourth-order valence-corrected chi connectivity index (χ4v) is 3.14. The topological polar surface area (TPSA) is 26.0 Å². The van der Waals surface area contributed by atoms with Gasteiger partial charge in [0.25, 0.3) is 0 Å². The second kappa shape index (κ2) is 7.45. The van der Waals surface area contributed by atoms with E-state index in [4.69, 9.17) is 5.73 Å². The predicted molar refractivity (Wildman–Crippen MR) is 81.7 cm³/mol. The molecule has 0 aliphatic heterocycles. The van der Waals surface area contributed by atoms with Crippen molar-refractivity contribution in [2.45, 2.75) is 44.6 Å². The molecule has 0 saturated heterocycles. The molecule has 0 aliphatic rings. The van der Waals surface area contributed by atoms with Crippen LogP contribution in [-0.2, 0) is 6.42 Å². The van der Waals surface area contributed by atoms with Gasteiger partial charge in [0.15, 0.2) is 0 Å². The van der Waals surface area contributed by atoms with E-state index in [-0.39, 0.29) is 6.04 Å². The van der Waals surface area contributed by atoms with E-state index in [2.05, 4.69) is 54.9 Å². The quantitative estimate of drug-likeness (QED) is 0.783. The molecule has 0 fully saturated rings. The second-order valence-electron chi connectivity index (χ2n) is 4.84. The molecule has 2 N–H and O–H groups in total. The molecule has 96 valence electrons. The zero-order chi connectivity index (χ0) is 12.8. The maximum absolute atomic E-state index is 5.97. The number of hydrogen-bond acceptors (Lipinski definition) is 2. The van der Waals surface area contributed by atoms with Crippen LogP contribution >= 0.6 is 27.7 Å². The van der Waals surface area contributed by atoms with Crippen LogP contribution < -0.4 is 5.73 Å². The van der Waals surface area contributed by atoms with Crippen LogP contribution in [0.5, 0.6) is 0 Å². The Morgan fingerprint density at radius 1 is 1.35 bits per heavy atom. The Labute approximate surface area is 118 Å². The van der Waals surface area contributed by atoms with E-state index in [1.54, 1.807) is 0 Å². The Bertz CT molecular complexity index is 352. The summed E-state index contributed by atoms with van der Waals surface area (Å²) in [5, 5.41) is 0. The van der Waals surface area contributed by atoms with Crippen LogP contribution in [0.4, 0.5) is 0 Å². The van der Waals surface area contributed by atoms with Gasteiger partial charge in [-0.15, -0.1) is 11.8 Å². The van der Waals surface area contributed by atoms with Gasteiger partial charge in [0, 0.05) is 21.2 Å². The fourth-order valence-electron chi connectivity index (χ4n) is 1.49. The van der Waals surface area contributed by atoms with Crippen LogP contribution in [0.1, 0.15) is 32.8 Å². The molecule has 17 heavy (non-hydrogen) atoms. The van der Waals surface area contributed by atoms with Crippen molar-refractivity contribution in [3.8, 4) is 0 Å². The van der Waals surface area contributed by atoms with Crippen LogP contribution in [0.2, 0.25) is 0 Å². The smallest absolute Gasteiger partial charge is 0.0313 e. The summed E-state index contributed by atoms with van der Waals surface area (Å²) in [4.78, 5) is 1.33. The number of benzene rings is 1. The van der Waals surface area contributed by atoms with E-state index in [0.717, 1.165) is 24.5 Å². The average Bonchev–Trinajstić information content (AvgIpc) is 2.27. The standard InChI is InChI=1S/C14H22BrNS/c1-4-12(16)7-11-5-6-14(13(15)8-11)17-9-10(2)3/h5-6,8,10,12H,4,7,9,16H2,1-3H3. The SMILES string of the molecule is CCC(N)Cc1ccc(SCC(C)C)c(Br)c1. The summed E-state index contributed by atoms with van der Waals surface area (Å²) in [6.45, 7) is 6.62. The third-order valence-corrected chi connectivity index (χ3v) is 5.01. The highest BCUT2D eigenvalue weighted by molar-refractivity contribution is 9.10. The van der Waals surface area contributed by atoms with Gasteiger partial charge < -0.3 is 5.73 Å². The van der Waals surface area contributed by atoms with Gasteiger partial charge in [-0.3, -0.25) is 0 Å². The first-order chi connectivity index (χ1) is 8.02. The minimum Gasteiger partial charge on any atom is -0.327 e. The van der Waals surface area contributed by atoms with Gasteiger partial charge in [-0.25, -0.2) is 0 Å². The summed E-state index contributed by atoms with van der Waals surface area (Å²) >= 11 is 5.56. The maximum atomic E-state index is 5.97. The van der Waals surface area contributed by atoms with Gasteiger partial charge >= 0.3 is 0 Å². The minimum absolute atomic E-state index is 0.274. The third kappa shape index (κ3) is 5.45. The Hall–Kier alpha value is 0.01000. The molecule has 1 aromatic rings. The zero-order valence-corrected chi connectivity index (χ0v) is 13.3. The van der Waals surface area contributed by atoms with Crippen LogP contribution in [0, 0.1) is 5.92 Å². The fraction of sp³-hybridized carbons (Fsp3) is 0.571. The van der Waals surface area contributed by atoms with Crippen LogP contribution in [0.15, 0.2) is 27.6 Å². The number of halogens is 1. The van der Waals surface area contributed by atoms with Crippen molar-refractivity contribution < 1.29 is 0 Å². The molecular formula is C14H22BrNS. The molecule has 1 nitrogen and oxygen atoms in total. The van der Waals surface area contributed by atoms with Gasteiger partial charge in [-0.05, 0) is 52.4 Å². The first-order valence-corrected chi connectivity index (χ1v) is 7.97. The van der Waals surface area contributed by atoms with Gasteiger partial charge in [0.05, 0.1) is 0 Å². The first-order valence-electron chi connectivity index (χ1n) is 6.19. The highest BCUT2D eigenvalue weighted by Gasteiger charge is 2.06. The Balaban J connectivity index is 2.65. The summed E-state index contributed by atoms with van der Waals surface area (Å²) in [5.41, 5.74) is 7.29. The summed E-state index contributed by atoms with van der Waals surface area (Å²) in [6.07, 6.45) is 1.99. The third-order valence-electron chi connectivity index (χ3n) is 2.59. The van der Waals surface area contributed by atoms with Crippen molar-refractivity contribution in [3.63, 3.8) is 0 Å². The Kier molecular flexibility index (Phi) is 6.60. The number of hydrogen-bond donors (Lipinski definition) is 1. The normalized spacial score (nSPS) is 13.1. The molecule has 3 heteroatoms. The summed E-state index contributed by atoms with van der Waals surface area (Å²) in [5.74, 6) is 1.88. The molecule has 0 aromatic heterocycles. The van der Waals surface area contributed by atoms with Gasteiger partial charge in [0.1, 0.15) is 0 Å². The molecule has 0 aliphatic carbocycles. The van der Waals surface area contributed by atoms with Crippen molar-refractivity contribution in [1.29, 1.82) is 0 Å². The summed E-state index contributed by atoms with van der Waals surface area (Å²) in [7, 11) is 0. The van der Waals surface area contributed by atoms with Gasteiger partial charge in [-0.2, -0.15) is 0 Å². The van der Waals surface area contributed by atoms with E-state index in [0.29, 0.717) is 0 Å². The minimum atomic E-state index is 0.274. The Morgan fingerprint density at radius 3 is 2.59 bits per heavy atom. The van der Waals surface area contributed by atoms with Crippen molar-refractivity contribution in [1.82, 2.24) is 0 Å². The van der Waals surface area contributed by atoms with Crippen molar-refractivity contribution in [2.75, 3.05) is 5.75 Å². The average molecular weight is 316 g/mol. The lowest BCUT2D eigenvalue weighted by Gasteiger charge is -2.11. The van der Waals surface area contributed by atoms with E-state index in [1.165, 1.54) is 14.9 Å². The molecule has 0 bridgehead atoms. The lowest BCUT2D eigenvalue weighted by Crippen LogP contribution is -2.21. The van der Waals surface area contributed by atoms with E-state index >= 15 is 0 Å². The highest BCUT2D eigenvalue weighted by Crippen LogP contribution is 2.30. The molecule has 0 radical (unpaired) electrons. The first kappa shape index (κ1) is 15.1. The van der Waals surface area contributed by atoms with Crippen LogP contribution in [-0.4, -0.2) is 11.8 Å². The molecule has 0 amide bonds. The van der Waals surface area contributed by atoms with E-state index in [1.807, 2.05) is 11.8 Å². The lowest BCUT2D eigenvalue weighted by atomic mass is 10.1. The molecule has 0 spiro atoms. The highest BCUT2D eigenvalue weighted by atomic mass is 79.9. The molecule has 1 atom stereocenters.